The molecular weight excluding hydrogens is 264 g/mol. The highest BCUT2D eigenvalue weighted by Crippen LogP contribution is 2.26. The Morgan fingerprint density at radius 2 is 2.06 bits per heavy atom. The van der Waals surface area contributed by atoms with Gasteiger partial charge in [0.25, 0.3) is 0 Å². The van der Waals surface area contributed by atoms with E-state index in [1.54, 1.807) is 0 Å². The van der Waals surface area contributed by atoms with Crippen LogP contribution < -0.4 is 0 Å². The Balaban J connectivity index is 2.77. The largest absolute Gasteiger partial charge is 0.330 e. The van der Waals surface area contributed by atoms with Crippen LogP contribution >= 0.6 is 15.9 Å². The van der Waals surface area contributed by atoms with Gasteiger partial charge in [0.2, 0.25) is 4.61 Å². The number of aryl methyl sites for hydroxylation is 1. The van der Waals surface area contributed by atoms with Crippen molar-refractivity contribution in [3.05, 3.63) is 52.0 Å². The number of hydrogen-bond donors (Lipinski definition) is 0. The number of nitrogens with zero attached hydrogens (tertiary/aromatic N) is 2. The Kier molecular flexibility index (Phi) is 2.84. The van der Waals surface area contributed by atoms with E-state index < -0.39 is 0 Å². The third-order valence-electron chi connectivity index (χ3n) is 2.67. The van der Waals surface area contributed by atoms with Gasteiger partial charge in [0, 0.05) is 17.3 Å². The molecule has 0 bridgehead atoms. The molecule has 0 saturated heterocycles. The minimum atomic E-state index is 0.549. The van der Waals surface area contributed by atoms with Crippen LogP contribution in [0.3, 0.4) is 0 Å². The molecule has 1 aromatic carbocycles. The Bertz CT molecular complexity index is 614. The standard InChI is InChI=1S/C13H11BrN2/c1-9-8-16(10(2)13(14)15-3)12-7-5-4-6-11(9)12/h4-8H,1-2H3/b13-10+. The molecule has 0 aliphatic heterocycles. The predicted octanol–water partition coefficient (Wildman–Crippen LogP) is 4.41. The average molecular weight is 275 g/mol. The molecule has 80 valence electrons. The van der Waals surface area contributed by atoms with Gasteiger partial charge in [-0.3, -0.25) is 0 Å². The molecule has 0 unspecified atom stereocenters. The van der Waals surface area contributed by atoms with E-state index in [4.69, 9.17) is 6.57 Å². The van der Waals surface area contributed by atoms with E-state index in [1.807, 2.05) is 23.6 Å². The number of rotatable bonds is 1. The average Bonchev–Trinajstić information content (AvgIpc) is 2.65. The summed E-state index contributed by atoms with van der Waals surface area (Å²) >= 11 is 3.28. The van der Waals surface area contributed by atoms with Gasteiger partial charge in [0.1, 0.15) is 0 Å². The molecule has 3 heteroatoms. The summed E-state index contributed by atoms with van der Waals surface area (Å²) in [7, 11) is 0. The van der Waals surface area contributed by atoms with Crippen molar-refractivity contribution in [2.75, 3.05) is 0 Å². The maximum absolute atomic E-state index is 7.01. The fraction of sp³-hybridized carbons (Fsp3) is 0.154. The zero-order chi connectivity index (χ0) is 11.7. The summed E-state index contributed by atoms with van der Waals surface area (Å²) in [5.41, 5.74) is 3.28. The molecule has 0 amide bonds. The Labute approximate surface area is 103 Å². The van der Waals surface area contributed by atoms with Crippen LogP contribution in [-0.4, -0.2) is 4.57 Å². The molecule has 1 heterocycles. The van der Waals surface area contributed by atoms with Crippen molar-refractivity contribution in [3.63, 3.8) is 0 Å². The van der Waals surface area contributed by atoms with Gasteiger partial charge >= 0.3 is 0 Å². The van der Waals surface area contributed by atoms with E-state index >= 15 is 0 Å². The first-order valence-electron chi connectivity index (χ1n) is 4.96. The molecule has 0 saturated carbocycles. The van der Waals surface area contributed by atoms with Gasteiger partial charge in [-0.15, -0.1) is 0 Å². The molecule has 2 nitrogen and oxygen atoms in total. The lowest BCUT2D eigenvalue weighted by Crippen LogP contribution is -1.91. The van der Waals surface area contributed by atoms with E-state index in [2.05, 4.69) is 46.0 Å². The number of hydrogen-bond acceptors (Lipinski definition) is 0. The van der Waals surface area contributed by atoms with Gasteiger partial charge < -0.3 is 4.57 Å². The molecule has 2 rings (SSSR count). The van der Waals surface area contributed by atoms with E-state index in [1.165, 1.54) is 10.9 Å². The van der Waals surface area contributed by atoms with Crippen LogP contribution in [0, 0.1) is 13.5 Å². The summed E-state index contributed by atoms with van der Waals surface area (Å²) in [6.45, 7) is 11.0. The van der Waals surface area contributed by atoms with Crippen LogP contribution in [0.15, 0.2) is 35.1 Å². The van der Waals surface area contributed by atoms with Crippen LogP contribution in [0.25, 0.3) is 21.4 Å². The van der Waals surface area contributed by atoms with Crippen LogP contribution in [0.1, 0.15) is 12.5 Å². The van der Waals surface area contributed by atoms with Crippen molar-refractivity contribution in [3.8, 4) is 0 Å². The molecule has 0 aliphatic rings. The van der Waals surface area contributed by atoms with E-state index in [-0.39, 0.29) is 0 Å². The summed E-state index contributed by atoms with van der Waals surface area (Å²) < 4.78 is 2.60. The van der Waals surface area contributed by atoms with Crippen LogP contribution in [0.5, 0.6) is 0 Å². The lowest BCUT2D eigenvalue weighted by Gasteiger charge is -2.05. The van der Waals surface area contributed by atoms with Crippen LogP contribution in [0.2, 0.25) is 0 Å². The Hall–Kier alpha value is -1.53. The van der Waals surface area contributed by atoms with Crippen molar-refractivity contribution < 1.29 is 0 Å². The topological polar surface area (TPSA) is 9.29 Å². The third kappa shape index (κ3) is 1.66. The highest BCUT2D eigenvalue weighted by Gasteiger charge is 2.07. The van der Waals surface area contributed by atoms with Gasteiger partial charge in [-0.1, -0.05) is 34.1 Å². The predicted molar refractivity (Wildman–Crippen MR) is 71.1 cm³/mol. The summed E-state index contributed by atoms with van der Waals surface area (Å²) in [6.07, 6.45) is 2.06. The van der Waals surface area contributed by atoms with Gasteiger partial charge in [-0.25, -0.2) is 4.85 Å². The highest BCUT2D eigenvalue weighted by atomic mass is 79.9. The molecule has 1 aromatic heterocycles. The number of benzene rings is 1. The first-order chi connectivity index (χ1) is 7.65. The zero-order valence-corrected chi connectivity index (χ0v) is 10.7. The monoisotopic (exact) mass is 274 g/mol. The fourth-order valence-corrected chi connectivity index (χ4v) is 2.00. The third-order valence-corrected chi connectivity index (χ3v) is 3.42. The lowest BCUT2D eigenvalue weighted by atomic mass is 10.2. The summed E-state index contributed by atoms with van der Waals surface area (Å²) in [6, 6.07) is 8.20. The zero-order valence-electron chi connectivity index (χ0n) is 9.16. The van der Waals surface area contributed by atoms with E-state index in [0.29, 0.717) is 4.61 Å². The number of aromatic nitrogens is 1. The first-order valence-corrected chi connectivity index (χ1v) is 5.75. The van der Waals surface area contributed by atoms with Gasteiger partial charge in [0.05, 0.1) is 12.1 Å². The lowest BCUT2D eigenvalue weighted by molar-refractivity contribution is 1.14. The minimum Gasteiger partial charge on any atom is -0.330 e. The fourth-order valence-electron chi connectivity index (χ4n) is 1.81. The highest BCUT2D eigenvalue weighted by molar-refractivity contribution is 9.12. The normalized spacial score (nSPS) is 12.4. The van der Waals surface area contributed by atoms with Crippen LogP contribution in [-0.2, 0) is 0 Å². The quantitative estimate of drug-likeness (QED) is 0.538. The molecule has 0 aliphatic carbocycles. The second kappa shape index (κ2) is 4.15. The minimum absolute atomic E-state index is 0.549. The van der Waals surface area contributed by atoms with Crippen molar-refractivity contribution in [2.24, 2.45) is 0 Å². The number of allylic oxidation sites excluding steroid dienone is 1. The van der Waals surface area contributed by atoms with Crippen molar-refractivity contribution in [2.45, 2.75) is 13.8 Å². The van der Waals surface area contributed by atoms with Gasteiger partial charge in [-0.2, -0.15) is 0 Å². The Morgan fingerprint density at radius 3 is 2.75 bits per heavy atom. The van der Waals surface area contributed by atoms with Gasteiger partial charge in [-0.05, 0) is 25.5 Å². The van der Waals surface area contributed by atoms with E-state index in [0.717, 1.165) is 11.2 Å². The Morgan fingerprint density at radius 1 is 1.38 bits per heavy atom. The maximum atomic E-state index is 7.01. The van der Waals surface area contributed by atoms with E-state index in [9.17, 15) is 0 Å². The first kappa shape index (κ1) is 11.0. The molecule has 0 radical (unpaired) electrons. The molecular formula is C13H11BrN2. The molecule has 2 aromatic rings. The maximum Gasteiger partial charge on any atom is 0.246 e. The van der Waals surface area contributed by atoms with Crippen LogP contribution in [0.4, 0.5) is 0 Å². The molecule has 0 spiro atoms. The SMILES string of the molecule is [C-]#[N+]/C(Br)=C(\C)n1cc(C)c2ccccc21. The molecule has 0 N–H and O–H groups in total. The van der Waals surface area contributed by atoms with Crippen molar-refractivity contribution in [1.29, 1.82) is 0 Å². The second-order valence-electron chi connectivity index (χ2n) is 3.69. The smallest absolute Gasteiger partial charge is 0.246 e. The second-order valence-corrected chi connectivity index (χ2v) is 4.44. The summed E-state index contributed by atoms with van der Waals surface area (Å²) in [4.78, 5) is 3.41. The van der Waals surface area contributed by atoms with Crippen molar-refractivity contribution >= 4 is 32.5 Å². The summed E-state index contributed by atoms with van der Waals surface area (Å²) in [5.74, 6) is 0. The molecule has 16 heavy (non-hydrogen) atoms. The number of halogens is 1. The van der Waals surface area contributed by atoms with Crippen molar-refractivity contribution in [1.82, 2.24) is 4.57 Å². The molecule has 0 fully saturated rings. The number of fused-ring (bicyclic) bond motifs is 1. The number of para-hydroxylation sites is 1. The molecule has 0 atom stereocenters. The summed E-state index contributed by atoms with van der Waals surface area (Å²) in [5, 5.41) is 1.23. The van der Waals surface area contributed by atoms with Gasteiger partial charge in [0.15, 0.2) is 0 Å².